The van der Waals surface area contributed by atoms with Gasteiger partial charge in [-0.25, -0.2) is 0 Å². The van der Waals surface area contributed by atoms with Crippen LogP contribution in [0.25, 0.3) is 0 Å². The van der Waals surface area contributed by atoms with E-state index in [0.717, 1.165) is 0 Å². The van der Waals surface area contributed by atoms with E-state index in [0.29, 0.717) is 0 Å². The van der Waals surface area contributed by atoms with E-state index in [1.54, 1.807) is 0 Å². The van der Waals surface area contributed by atoms with Crippen LogP contribution in [0.4, 0.5) is 13.2 Å². The Hall–Kier alpha value is -0.880. The molecule has 0 unspecified atom stereocenters. The fourth-order valence-electron chi connectivity index (χ4n) is 0.769. The molecule has 0 heterocycles. The van der Waals surface area contributed by atoms with Crippen molar-refractivity contribution >= 4 is 23.3 Å². The zero-order valence-electron chi connectivity index (χ0n) is 6.47. The summed E-state index contributed by atoms with van der Waals surface area (Å²) >= 11 is 5.33. The lowest BCUT2D eigenvalue weighted by molar-refractivity contribution is -0.275. The van der Waals surface area contributed by atoms with Crippen molar-refractivity contribution in [1.82, 2.24) is 0 Å². The lowest BCUT2D eigenvalue weighted by Gasteiger charge is -2.08. The highest BCUT2D eigenvalue weighted by atomic mass is 35.5. The molecule has 1 aromatic carbocycles. The standard InChI is InChI=1S/C7H3ClF3O2S/c8-4-2-1-3-5(14-12)6(4)13-7(9,10)11/h1-3H/q+1. The first-order chi connectivity index (χ1) is 6.44. The van der Waals surface area contributed by atoms with Gasteiger partial charge in [-0.15, -0.1) is 13.2 Å². The Labute approximate surface area is 86.1 Å². The largest absolute Gasteiger partial charge is 0.573 e. The Morgan fingerprint density at radius 1 is 1.36 bits per heavy atom. The predicted octanol–water partition coefficient (Wildman–Crippen LogP) is 3.03. The molecule has 1 aromatic rings. The van der Waals surface area contributed by atoms with E-state index >= 15 is 0 Å². The van der Waals surface area contributed by atoms with E-state index in [2.05, 4.69) is 4.74 Å². The SMILES string of the molecule is O=[S+]c1cccc(Cl)c1OC(F)(F)F. The molecule has 0 bridgehead atoms. The van der Waals surface area contributed by atoms with Gasteiger partial charge in [-0.2, -0.15) is 0 Å². The Morgan fingerprint density at radius 2 is 2.00 bits per heavy atom. The van der Waals surface area contributed by atoms with E-state index in [-0.39, 0.29) is 21.6 Å². The zero-order chi connectivity index (χ0) is 10.8. The zero-order valence-corrected chi connectivity index (χ0v) is 8.04. The van der Waals surface area contributed by atoms with Gasteiger partial charge in [0.15, 0.2) is 0 Å². The van der Waals surface area contributed by atoms with Crippen LogP contribution in [0.5, 0.6) is 5.75 Å². The first-order valence-corrected chi connectivity index (χ1v) is 4.40. The summed E-state index contributed by atoms with van der Waals surface area (Å²) < 4.78 is 49.5. The summed E-state index contributed by atoms with van der Waals surface area (Å²) in [7, 11) is 0. The third-order valence-corrected chi connectivity index (χ3v) is 2.04. The van der Waals surface area contributed by atoms with Gasteiger partial charge in [0.1, 0.15) is 0 Å². The average molecular weight is 244 g/mol. The van der Waals surface area contributed by atoms with Crippen LogP contribution in [0.1, 0.15) is 0 Å². The molecule has 0 aliphatic carbocycles. The van der Waals surface area contributed by atoms with E-state index in [9.17, 15) is 17.4 Å². The van der Waals surface area contributed by atoms with Gasteiger partial charge < -0.3 is 4.74 Å². The summed E-state index contributed by atoms with van der Waals surface area (Å²) in [5, 5.41) is -0.247. The second kappa shape index (κ2) is 4.10. The molecule has 0 N–H and O–H groups in total. The molecule has 2 nitrogen and oxygen atoms in total. The molecule has 0 amide bonds. The van der Waals surface area contributed by atoms with Gasteiger partial charge in [0.05, 0.1) is 5.02 Å². The molecular weight excluding hydrogens is 241 g/mol. The van der Waals surface area contributed by atoms with Crippen molar-refractivity contribution in [2.24, 2.45) is 0 Å². The average Bonchev–Trinajstić information content (AvgIpc) is 2.06. The summed E-state index contributed by atoms with van der Waals surface area (Å²) in [4.78, 5) is -0.199. The van der Waals surface area contributed by atoms with Gasteiger partial charge in [0, 0.05) is 10.3 Å². The summed E-state index contributed by atoms with van der Waals surface area (Å²) in [6.45, 7) is 0. The van der Waals surface area contributed by atoms with Crippen molar-refractivity contribution in [2.45, 2.75) is 11.3 Å². The maximum atomic E-state index is 11.8. The predicted molar refractivity (Wildman–Crippen MR) is 44.5 cm³/mol. The van der Waals surface area contributed by atoms with Gasteiger partial charge in [-0.05, 0) is 6.07 Å². The van der Waals surface area contributed by atoms with Gasteiger partial charge in [0.2, 0.25) is 5.75 Å². The number of rotatable bonds is 2. The minimum atomic E-state index is -4.85. The van der Waals surface area contributed by atoms with Crippen LogP contribution in [0.2, 0.25) is 5.02 Å². The molecule has 0 radical (unpaired) electrons. The van der Waals surface area contributed by atoms with Crippen LogP contribution in [0, 0.1) is 0 Å². The number of alkyl halides is 3. The van der Waals surface area contributed by atoms with E-state index in [1.807, 2.05) is 0 Å². The second-order valence-electron chi connectivity index (χ2n) is 2.20. The lowest BCUT2D eigenvalue weighted by Crippen LogP contribution is -2.18. The summed E-state index contributed by atoms with van der Waals surface area (Å²) in [5.74, 6) is -0.651. The highest BCUT2D eigenvalue weighted by Gasteiger charge is 2.35. The molecule has 14 heavy (non-hydrogen) atoms. The van der Waals surface area contributed by atoms with E-state index < -0.39 is 12.1 Å². The second-order valence-corrected chi connectivity index (χ2v) is 3.21. The number of hydrogen-bond acceptors (Lipinski definition) is 2. The molecule has 0 atom stereocenters. The number of benzene rings is 1. The van der Waals surface area contributed by atoms with Crippen molar-refractivity contribution in [3.05, 3.63) is 23.2 Å². The van der Waals surface area contributed by atoms with Crippen LogP contribution in [-0.2, 0) is 15.9 Å². The van der Waals surface area contributed by atoms with Crippen molar-refractivity contribution in [2.75, 3.05) is 0 Å². The number of hydrogen-bond donors (Lipinski definition) is 0. The molecule has 0 aromatic heterocycles. The topological polar surface area (TPSA) is 26.3 Å². The lowest BCUT2D eigenvalue weighted by atomic mass is 10.3. The molecule has 1 rings (SSSR count). The smallest absolute Gasteiger partial charge is 0.398 e. The highest BCUT2D eigenvalue weighted by Crippen LogP contribution is 2.33. The minimum Gasteiger partial charge on any atom is -0.398 e. The molecule has 7 heteroatoms. The maximum Gasteiger partial charge on any atom is 0.573 e. The quantitative estimate of drug-likeness (QED) is 0.747. The molecule has 0 aliphatic rings. The Balaban J connectivity index is 3.11. The van der Waals surface area contributed by atoms with Gasteiger partial charge in [-0.3, -0.25) is 0 Å². The Kier molecular flexibility index (Phi) is 3.28. The van der Waals surface area contributed by atoms with Crippen LogP contribution in [0.3, 0.4) is 0 Å². The van der Waals surface area contributed by atoms with E-state index in [4.69, 9.17) is 11.6 Å². The van der Waals surface area contributed by atoms with Gasteiger partial charge in [0.25, 0.3) is 0 Å². The van der Waals surface area contributed by atoms with Crippen molar-refractivity contribution in [3.63, 3.8) is 0 Å². The minimum absolute atomic E-state index is 0.109. The van der Waals surface area contributed by atoms with Crippen LogP contribution < -0.4 is 4.74 Å². The molecule has 0 fully saturated rings. The number of ether oxygens (including phenoxy) is 1. The fourth-order valence-corrected chi connectivity index (χ4v) is 1.40. The molecule has 76 valence electrons. The third kappa shape index (κ3) is 2.81. The fraction of sp³-hybridized carbons (Fsp3) is 0.143. The molecule has 0 aliphatic heterocycles. The highest BCUT2D eigenvalue weighted by molar-refractivity contribution is 7.65. The normalized spacial score (nSPS) is 11.1. The molecular formula is C7H3ClF3O2S+. The maximum absolute atomic E-state index is 11.8. The van der Waals surface area contributed by atoms with Gasteiger partial charge in [-0.1, -0.05) is 17.7 Å². The molecule has 0 saturated carbocycles. The molecule has 0 saturated heterocycles. The van der Waals surface area contributed by atoms with Crippen molar-refractivity contribution < 1.29 is 22.1 Å². The Bertz CT molecular complexity index is 353. The monoisotopic (exact) mass is 243 g/mol. The number of para-hydroxylation sites is 1. The summed E-state index contributed by atoms with van der Waals surface area (Å²) in [6.07, 6.45) is -4.85. The Morgan fingerprint density at radius 3 is 2.50 bits per heavy atom. The molecule has 0 spiro atoms. The van der Waals surface area contributed by atoms with Crippen LogP contribution in [0.15, 0.2) is 23.1 Å². The summed E-state index contributed by atoms with van der Waals surface area (Å²) in [6, 6.07) is 3.78. The first-order valence-electron chi connectivity index (χ1n) is 3.28. The number of halogens is 4. The summed E-state index contributed by atoms with van der Waals surface area (Å²) in [5.41, 5.74) is 0. The van der Waals surface area contributed by atoms with Crippen molar-refractivity contribution in [1.29, 1.82) is 0 Å². The third-order valence-electron chi connectivity index (χ3n) is 1.24. The van der Waals surface area contributed by atoms with Crippen LogP contribution in [-0.4, -0.2) is 6.36 Å². The van der Waals surface area contributed by atoms with Crippen LogP contribution >= 0.6 is 11.6 Å². The first kappa shape index (κ1) is 11.2. The van der Waals surface area contributed by atoms with E-state index in [1.165, 1.54) is 18.2 Å². The van der Waals surface area contributed by atoms with Crippen molar-refractivity contribution in [3.8, 4) is 5.75 Å². The van der Waals surface area contributed by atoms with Gasteiger partial charge >= 0.3 is 22.9 Å².